The van der Waals surface area contributed by atoms with Crippen molar-refractivity contribution in [2.45, 2.75) is 82.6 Å². The molecule has 5 rings (SSSR count). The molecule has 0 radical (unpaired) electrons. The van der Waals surface area contributed by atoms with Crippen LogP contribution in [0.4, 0.5) is 0 Å². The Morgan fingerprint density at radius 2 is 1.72 bits per heavy atom. The Kier molecular flexibility index (Phi) is 6.94. The first-order valence-corrected chi connectivity index (χ1v) is 15.1. The highest BCUT2D eigenvalue weighted by Crippen LogP contribution is 2.44. The second kappa shape index (κ2) is 9.73. The molecule has 2 fully saturated rings. The van der Waals surface area contributed by atoms with Crippen molar-refractivity contribution in [3.05, 3.63) is 52.9 Å². The minimum Gasteiger partial charge on any atom is -0.303 e. The maximum absolute atomic E-state index is 13.7. The van der Waals surface area contributed by atoms with Gasteiger partial charge in [-0.3, -0.25) is 4.68 Å². The molecule has 1 aromatic heterocycles. The molecule has 0 amide bonds. The van der Waals surface area contributed by atoms with Crippen molar-refractivity contribution in [3.63, 3.8) is 0 Å². The van der Waals surface area contributed by atoms with E-state index in [1.807, 2.05) is 12.1 Å². The van der Waals surface area contributed by atoms with Crippen LogP contribution in [0.1, 0.15) is 89.1 Å². The van der Waals surface area contributed by atoms with E-state index in [2.05, 4.69) is 56.5 Å². The number of hydrogen-bond donors (Lipinski definition) is 0. The fraction of sp³-hybridized carbons (Fsp3) is 0.621. The van der Waals surface area contributed by atoms with E-state index in [4.69, 9.17) is 5.10 Å². The molecule has 0 N–H and O–H groups in total. The zero-order chi connectivity index (χ0) is 25.7. The third-order valence-electron chi connectivity index (χ3n) is 8.35. The van der Waals surface area contributed by atoms with Gasteiger partial charge in [0.2, 0.25) is 10.0 Å². The number of aromatic nitrogens is 2. The van der Waals surface area contributed by atoms with Crippen LogP contribution in [-0.4, -0.2) is 60.1 Å². The van der Waals surface area contributed by atoms with Crippen LogP contribution in [0.5, 0.6) is 0 Å². The van der Waals surface area contributed by atoms with Crippen molar-refractivity contribution in [2.24, 2.45) is 5.92 Å². The van der Waals surface area contributed by atoms with Crippen LogP contribution in [0, 0.1) is 5.92 Å². The molecule has 1 aliphatic carbocycles. The molecule has 2 aromatic rings. The average Bonchev–Trinajstić information content (AvgIpc) is 3.28. The van der Waals surface area contributed by atoms with Gasteiger partial charge in [0.1, 0.15) is 0 Å². The first kappa shape index (κ1) is 25.7. The average molecular weight is 511 g/mol. The lowest BCUT2D eigenvalue weighted by atomic mass is 9.74. The largest absolute Gasteiger partial charge is 0.303 e. The van der Waals surface area contributed by atoms with E-state index >= 15 is 0 Å². The van der Waals surface area contributed by atoms with Crippen molar-refractivity contribution in [3.8, 4) is 0 Å². The van der Waals surface area contributed by atoms with Crippen molar-refractivity contribution >= 4 is 16.1 Å². The third kappa shape index (κ3) is 4.82. The van der Waals surface area contributed by atoms with Gasteiger partial charge in [0.25, 0.3) is 0 Å². The Labute approximate surface area is 217 Å². The molecule has 0 spiro atoms. The lowest BCUT2D eigenvalue weighted by Crippen LogP contribution is -2.46. The highest BCUT2D eigenvalue weighted by Gasteiger charge is 2.41. The summed E-state index contributed by atoms with van der Waals surface area (Å²) in [7, 11) is -3.55. The molecule has 2 aliphatic heterocycles. The first-order chi connectivity index (χ1) is 17.1. The molecular weight excluding hydrogens is 468 g/mol. The molecule has 0 saturated carbocycles. The Morgan fingerprint density at radius 3 is 2.36 bits per heavy atom. The van der Waals surface area contributed by atoms with Crippen LogP contribution < -0.4 is 0 Å². The normalized spacial score (nSPS) is 23.9. The summed E-state index contributed by atoms with van der Waals surface area (Å²) in [5.74, 6) is 0.466. The van der Waals surface area contributed by atoms with E-state index in [0.717, 1.165) is 31.6 Å². The fourth-order valence-corrected chi connectivity index (χ4v) is 7.66. The van der Waals surface area contributed by atoms with Crippen molar-refractivity contribution in [1.82, 2.24) is 19.0 Å². The van der Waals surface area contributed by atoms with Gasteiger partial charge in [-0.2, -0.15) is 9.40 Å². The van der Waals surface area contributed by atoms with Gasteiger partial charge < -0.3 is 4.90 Å². The van der Waals surface area contributed by atoms with Crippen molar-refractivity contribution in [1.29, 1.82) is 0 Å². The van der Waals surface area contributed by atoms with Crippen LogP contribution in [0.15, 0.2) is 40.9 Å². The number of sulfonamides is 1. The molecule has 0 bridgehead atoms. The van der Waals surface area contributed by atoms with Crippen LogP contribution >= 0.6 is 0 Å². The van der Waals surface area contributed by atoms with E-state index in [-0.39, 0.29) is 17.3 Å². The lowest BCUT2D eigenvalue weighted by Gasteiger charge is -2.42. The van der Waals surface area contributed by atoms with Gasteiger partial charge in [0, 0.05) is 43.1 Å². The molecule has 2 saturated heterocycles. The molecule has 7 heteroatoms. The molecule has 6 nitrogen and oxygen atoms in total. The Hall–Kier alpha value is -1.96. The van der Waals surface area contributed by atoms with Crippen LogP contribution in [0.25, 0.3) is 6.08 Å². The minimum absolute atomic E-state index is 0.00494. The van der Waals surface area contributed by atoms with E-state index in [9.17, 15) is 8.42 Å². The minimum atomic E-state index is -3.55. The molecular formula is C29H42N4O2S. The van der Waals surface area contributed by atoms with Gasteiger partial charge >= 0.3 is 0 Å². The molecule has 196 valence electrons. The topological polar surface area (TPSA) is 58.4 Å². The summed E-state index contributed by atoms with van der Waals surface area (Å²) in [6.45, 7) is 15.1. The van der Waals surface area contributed by atoms with Gasteiger partial charge in [0.05, 0.1) is 16.8 Å². The molecule has 2 atom stereocenters. The summed E-state index contributed by atoms with van der Waals surface area (Å²) in [6, 6.07) is 7.81. The number of nitrogens with zero attached hydrogens (tertiary/aromatic N) is 4. The highest BCUT2D eigenvalue weighted by molar-refractivity contribution is 7.89. The van der Waals surface area contributed by atoms with Crippen molar-refractivity contribution < 1.29 is 8.42 Å². The number of rotatable bonds is 5. The maximum atomic E-state index is 13.7. The van der Waals surface area contributed by atoms with Crippen molar-refractivity contribution in [2.75, 3.05) is 32.7 Å². The fourth-order valence-electron chi connectivity index (χ4n) is 6.20. The number of fused-ring (bicyclic) bond motifs is 2. The second-order valence-corrected chi connectivity index (χ2v) is 14.1. The van der Waals surface area contributed by atoms with Crippen LogP contribution in [-0.2, 0) is 15.4 Å². The summed E-state index contributed by atoms with van der Waals surface area (Å²) >= 11 is 0. The highest BCUT2D eigenvalue weighted by atomic mass is 32.2. The maximum Gasteiger partial charge on any atom is 0.243 e. The summed E-state index contributed by atoms with van der Waals surface area (Å²) in [5, 5.41) is 4.76. The molecule has 3 heterocycles. The quantitative estimate of drug-likeness (QED) is 0.538. The molecule has 3 aliphatic rings. The number of piperidine rings is 2. The summed E-state index contributed by atoms with van der Waals surface area (Å²) in [5.41, 5.74) is 5.05. The molecule has 1 aromatic carbocycles. The van der Waals surface area contributed by atoms with Crippen LogP contribution in [0.2, 0.25) is 0 Å². The van der Waals surface area contributed by atoms with E-state index < -0.39 is 10.0 Å². The van der Waals surface area contributed by atoms with Gasteiger partial charge in [-0.25, -0.2) is 8.42 Å². The Morgan fingerprint density at radius 1 is 1.03 bits per heavy atom. The summed E-state index contributed by atoms with van der Waals surface area (Å²) in [4.78, 5) is 2.99. The predicted octanol–water partition coefficient (Wildman–Crippen LogP) is 5.44. The number of likely N-dealkylation sites (tertiary alicyclic amines) is 1. The standard InChI is InChI=1S/C29H42N4O2S/c1-21(2)33-28-17-22-13-16-32(36(34,35)24-11-9-23(10-12-24)29(3,4)5)20-26(22)27(25(28)18-30-33)19-31-14-7-6-8-15-31/h9-12,17-18,21,26-27H,6-8,13-16,19-20H2,1-5H3/t26?,27-/m1/s1. The van der Waals surface area contributed by atoms with E-state index in [0.29, 0.717) is 24.0 Å². The van der Waals surface area contributed by atoms with Crippen LogP contribution in [0.3, 0.4) is 0 Å². The first-order valence-electron chi connectivity index (χ1n) is 13.7. The monoisotopic (exact) mass is 510 g/mol. The van der Waals surface area contributed by atoms with Gasteiger partial charge in [-0.1, -0.05) is 44.9 Å². The van der Waals surface area contributed by atoms with E-state index in [1.54, 1.807) is 16.4 Å². The zero-order valence-corrected chi connectivity index (χ0v) is 23.4. The zero-order valence-electron chi connectivity index (χ0n) is 22.6. The molecule has 36 heavy (non-hydrogen) atoms. The van der Waals surface area contributed by atoms with Gasteiger partial charge in [-0.05, 0) is 75.4 Å². The molecule has 1 unspecified atom stereocenters. The summed E-state index contributed by atoms with van der Waals surface area (Å²) < 4.78 is 31.4. The van der Waals surface area contributed by atoms with Gasteiger partial charge in [-0.15, -0.1) is 0 Å². The summed E-state index contributed by atoms with van der Waals surface area (Å²) in [6.07, 6.45) is 8.97. The Bertz CT molecular complexity index is 1210. The SMILES string of the molecule is CC(C)n1ncc2c1C=C1CCN(S(=O)(=O)c3ccc(C(C)(C)C)cc3)CC1[C@@H]2CN1CCCCC1. The van der Waals surface area contributed by atoms with E-state index in [1.165, 1.54) is 36.1 Å². The number of benzene rings is 1. The lowest BCUT2D eigenvalue weighted by molar-refractivity contribution is 0.185. The second-order valence-electron chi connectivity index (χ2n) is 12.2. The smallest absolute Gasteiger partial charge is 0.243 e. The van der Waals surface area contributed by atoms with Gasteiger partial charge in [0.15, 0.2) is 0 Å². The third-order valence-corrected chi connectivity index (χ3v) is 10.2. The number of hydrogen-bond acceptors (Lipinski definition) is 4. The Balaban J connectivity index is 1.45. The predicted molar refractivity (Wildman–Crippen MR) is 146 cm³/mol.